The minimum absolute atomic E-state index is 7.16. The molecule has 0 bridgehead atoms. The van der Waals surface area contributed by atoms with Crippen LogP contribution in [-0.2, 0) is 0 Å². The summed E-state index contributed by atoms with van der Waals surface area (Å²) in [5.74, 6) is -172. The second-order valence-corrected chi connectivity index (χ2v) is 10.1. The third kappa shape index (κ3) is 4.75. The van der Waals surface area contributed by atoms with Gasteiger partial charge in [-0.3, -0.25) is 0 Å². The second-order valence-electron chi connectivity index (χ2n) is 10.1. The van der Waals surface area contributed by atoms with E-state index in [-0.39, 0.29) is 0 Å². The molecule has 1 radical (unpaired) electrons. The maximum atomic E-state index is 13.8. The van der Waals surface area contributed by atoms with Crippen LogP contribution >= 0.6 is 0 Å². The lowest BCUT2D eigenvalue weighted by Crippen LogP contribution is -2.81. The van der Waals surface area contributed by atoms with Crippen LogP contribution in [0.3, 0.4) is 0 Å². The fourth-order valence-corrected chi connectivity index (χ4v) is 3.43. The molecular weight excluding hydrogens is 881 g/mol. The molecule has 0 atom stereocenters. The van der Waals surface area contributed by atoms with Gasteiger partial charge in [0, 0.05) is 0 Å². The average molecular weight is 881 g/mol. The van der Waals surface area contributed by atoms with Crippen molar-refractivity contribution in [1.82, 2.24) is 0 Å². The highest BCUT2D eigenvalue weighted by Gasteiger charge is 3.03. The topological polar surface area (TPSA) is 0 Å². The van der Waals surface area contributed by atoms with Gasteiger partial charge in [0.25, 0.3) is 6.17 Å². The van der Waals surface area contributed by atoms with Crippen LogP contribution in [0.15, 0.2) is 0 Å². The van der Waals surface area contributed by atoms with Crippen LogP contribution in [0, 0.1) is 6.17 Å². The fourth-order valence-electron chi connectivity index (χ4n) is 3.43. The van der Waals surface area contributed by atoms with Gasteiger partial charge in [-0.1, -0.05) is 0 Å². The van der Waals surface area contributed by atoms with Gasteiger partial charge in [-0.25, -0.2) is 4.39 Å². The summed E-state index contributed by atoms with van der Waals surface area (Å²) in [5, 5.41) is 0. The van der Waals surface area contributed by atoms with Crippen molar-refractivity contribution >= 4 is 0 Å². The summed E-state index contributed by atoms with van der Waals surface area (Å²) in [4.78, 5) is 0. The molecule has 0 unspecified atom stereocenters. The van der Waals surface area contributed by atoms with Gasteiger partial charge in [-0.05, 0) is 0 Å². The van der Waals surface area contributed by atoms with Gasteiger partial charge in [0.2, 0.25) is 0 Å². The highest BCUT2D eigenvalue weighted by atomic mass is 19.4. The molecule has 0 aromatic rings. The Balaban J connectivity index is 4.86. The molecule has 0 N–H and O–H groups in total. The molecule has 1 saturated carbocycles. The van der Waals surface area contributed by atoms with Crippen molar-refractivity contribution in [3.05, 3.63) is 6.17 Å². The summed E-state index contributed by atoms with van der Waals surface area (Å²) in [7, 11) is 0. The molecule has 0 aromatic carbocycles. The van der Waals surface area contributed by atoms with Crippen molar-refractivity contribution in [3.63, 3.8) is 0 Å². The van der Waals surface area contributed by atoms with E-state index in [1.807, 2.05) is 0 Å². The lowest BCUT2D eigenvalue weighted by Gasteiger charge is -2.48. The van der Waals surface area contributed by atoms with Gasteiger partial charge in [0.15, 0.2) is 0 Å². The van der Waals surface area contributed by atoms with Crippen LogP contribution in [0.2, 0.25) is 0 Å². The predicted octanol–water partition coefficient (Wildman–Crippen LogP) is 11.3. The lowest BCUT2D eigenvalue weighted by molar-refractivity contribution is -0.494. The third-order valence-corrected chi connectivity index (χ3v) is 6.86. The van der Waals surface area contributed by atoms with Crippen LogP contribution in [0.25, 0.3) is 0 Å². The van der Waals surface area contributed by atoms with E-state index in [0.717, 1.165) is 0 Å². The first-order valence-electron chi connectivity index (χ1n) is 11.1. The van der Waals surface area contributed by atoms with Gasteiger partial charge in [0.1, 0.15) is 0 Å². The molecule has 1 fully saturated rings. The van der Waals surface area contributed by atoms with Crippen molar-refractivity contribution in [3.8, 4) is 0 Å². The van der Waals surface area contributed by atoms with Crippen LogP contribution in [0.4, 0.5) is 154 Å². The average Bonchev–Trinajstić information content (AvgIpc) is 2.94. The summed E-state index contributed by atoms with van der Waals surface area (Å²) >= 11 is 0. The van der Waals surface area contributed by atoms with Gasteiger partial charge in [-0.2, -0.15) is 149 Å². The zero-order chi connectivity index (χ0) is 44.1. The summed E-state index contributed by atoms with van der Waals surface area (Å²) in [6, 6.07) is 0. The van der Waals surface area contributed by atoms with Crippen molar-refractivity contribution in [2.75, 3.05) is 0 Å². The molecule has 1 aliphatic rings. The number of alkyl halides is 34. The second kappa shape index (κ2) is 11.1. The maximum absolute atomic E-state index is 13.8. The quantitative estimate of drug-likeness (QED) is 0.213. The molecule has 0 spiro atoms. The zero-order valence-electron chi connectivity index (χ0n) is 22.2. The van der Waals surface area contributed by atoms with Gasteiger partial charge >= 0.3 is 101 Å². The Morgan fingerprint density at radius 2 is 0.226 bits per heavy atom. The monoisotopic (exact) mass is 881 g/mol. The van der Waals surface area contributed by atoms with E-state index in [0.29, 0.717) is 0 Å². The van der Waals surface area contributed by atoms with E-state index < -0.39 is 107 Å². The molecule has 0 nitrogen and oxygen atoms in total. The Hall–Kier alpha value is -2.45. The van der Waals surface area contributed by atoms with E-state index in [1.165, 1.54) is 0 Å². The van der Waals surface area contributed by atoms with Gasteiger partial charge in [-0.15, -0.1) is 0 Å². The summed E-state index contributed by atoms with van der Waals surface area (Å²) < 4.78 is 482. The number of halogens is 35. The normalized spacial score (nSPS) is 33.8. The van der Waals surface area contributed by atoms with Crippen LogP contribution in [0.1, 0.15) is 0 Å². The highest BCUT2D eigenvalue weighted by Crippen LogP contribution is 2.72. The van der Waals surface area contributed by atoms with Crippen LogP contribution in [-0.4, -0.2) is 101 Å². The van der Waals surface area contributed by atoms with E-state index in [4.69, 9.17) is 0 Å². The molecule has 35 heteroatoms. The third-order valence-electron chi connectivity index (χ3n) is 6.86. The Labute approximate surface area is 262 Å². The zero-order valence-corrected chi connectivity index (χ0v) is 22.2. The van der Waals surface area contributed by atoms with E-state index in [9.17, 15) is 154 Å². The lowest BCUT2D eigenvalue weighted by atomic mass is 9.80. The summed E-state index contributed by atoms with van der Waals surface area (Å²) in [5.41, 5.74) is 0. The number of hydrogen-bond acceptors (Lipinski definition) is 0. The number of hydrogen-bond donors (Lipinski definition) is 0. The van der Waals surface area contributed by atoms with Crippen molar-refractivity contribution in [1.29, 1.82) is 0 Å². The Morgan fingerprint density at radius 3 is 0.321 bits per heavy atom. The fraction of sp³-hybridized carbons (Fsp3) is 0.944. The van der Waals surface area contributed by atoms with Crippen LogP contribution < -0.4 is 0 Å². The van der Waals surface area contributed by atoms with Crippen LogP contribution in [0.5, 0.6) is 0 Å². The highest BCUT2D eigenvalue weighted by molar-refractivity contribution is 5.27. The Bertz CT molecular complexity index is 1290. The molecule has 53 heavy (non-hydrogen) atoms. The molecule has 1 rings (SSSR count). The minimum Gasteiger partial charge on any atom is -0.226 e. The molecule has 0 aromatic heterocycles. The molecule has 317 valence electrons. The van der Waals surface area contributed by atoms with E-state index >= 15 is 0 Å². The molecule has 1 aliphatic carbocycles. The first-order chi connectivity index (χ1) is 22.2. The van der Waals surface area contributed by atoms with Gasteiger partial charge < -0.3 is 0 Å². The summed E-state index contributed by atoms with van der Waals surface area (Å²) in [6.07, 6.45) is -7.16. The first-order valence-corrected chi connectivity index (χ1v) is 11.1. The van der Waals surface area contributed by atoms with E-state index in [1.54, 1.807) is 0 Å². The molecule has 0 saturated heterocycles. The van der Waals surface area contributed by atoms with Crippen molar-refractivity contribution in [2.24, 2.45) is 0 Å². The largest absolute Gasteiger partial charge is 0.385 e. The SMILES string of the molecule is F[C]1C(F)(F)C(F)(F)C(F)(F)C(F)(F)C(F)(F)C(F)(F)C(F)(F)C(F)(F)C(F)(F)C(F)(F)C(F)(F)C(F)(F)C(F)(F)C(F)(F)C(F)(F)C(F)(F)C1(F)F. The standard InChI is InChI=1S/C18F35/c19-1-2(20,21)4(24,25)6(28,29)8(32,33)10(36,37)12(40,41)14(44,45)16(48,49)18(52,53)17(50,51)15(46,47)13(42,43)11(38,39)9(34,35)7(30,31)5(26,27)3(1,22)23. The molecule has 0 aliphatic heterocycles. The molecule has 0 amide bonds. The number of rotatable bonds is 0. The minimum atomic E-state index is -10.3. The molecular formula is C18F35. The Morgan fingerprint density at radius 1 is 0.151 bits per heavy atom. The van der Waals surface area contributed by atoms with Gasteiger partial charge in [0.05, 0.1) is 0 Å². The predicted molar refractivity (Wildman–Crippen MR) is 88.4 cm³/mol. The molecule has 0 heterocycles. The first kappa shape index (κ1) is 48.6. The van der Waals surface area contributed by atoms with Crippen molar-refractivity contribution < 1.29 is 154 Å². The van der Waals surface area contributed by atoms with E-state index in [2.05, 4.69) is 0 Å². The van der Waals surface area contributed by atoms with Crippen molar-refractivity contribution in [2.45, 2.75) is 101 Å². The Kier molecular flexibility index (Phi) is 10.2. The smallest absolute Gasteiger partial charge is 0.226 e. The maximum Gasteiger partial charge on any atom is 0.385 e. The summed E-state index contributed by atoms with van der Waals surface area (Å²) in [6.45, 7) is 0.